The molecule has 0 aliphatic carbocycles. The summed E-state index contributed by atoms with van der Waals surface area (Å²) in [6.45, 7) is 0.526. The summed E-state index contributed by atoms with van der Waals surface area (Å²) >= 11 is 6.06. The van der Waals surface area contributed by atoms with Gasteiger partial charge in [0.15, 0.2) is 0 Å². The molecule has 2 aromatic heterocycles. The molecular formula is C19H16ClN3O2. The molecular weight excluding hydrogens is 338 g/mol. The van der Waals surface area contributed by atoms with Gasteiger partial charge in [0.25, 0.3) is 5.56 Å². The Morgan fingerprint density at radius 3 is 2.92 bits per heavy atom. The van der Waals surface area contributed by atoms with Gasteiger partial charge in [-0.15, -0.1) is 0 Å². The normalized spacial score (nSPS) is 11.3. The van der Waals surface area contributed by atoms with Crippen molar-refractivity contribution < 1.29 is 4.74 Å². The van der Waals surface area contributed by atoms with E-state index in [0.29, 0.717) is 29.0 Å². The first-order chi connectivity index (χ1) is 12.2. The molecule has 0 aliphatic heterocycles. The first kappa shape index (κ1) is 15.7. The number of para-hydroxylation sites is 1. The van der Waals surface area contributed by atoms with E-state index in [1.807, 2.05) is 36.4 Å². The Balaban J connectivity index is 1.72. The number of aromatic nitrogens is 3. The van der Waals surface area contributed by atoms with E-state index in [1.165, 1.54) is 0 Å². The molecule has 126 valence electrons. The SMILES string of the molecule is COc1ccccc1CCn1cnc2c([nH]c3ccc(Cl)cc32)c1=O. The van der Waals surface area contributed by atoms with Crippen LogP contribution in [0.1, 0.15) is 5.56 Å². The molecule has 4 rings (SSSR count). The molecule has 2 heterocycles. The van der Waals surface area contributed by atoms with Crippen molar-refractivity contribution in [1.29, 1.82) is 0 Å². The van der Waals surface area contributed by atoms with Gasteiger partial charge in [-0.2, -0.15) is 0 Å². The molecule has 0 spiro atoms. The van der Waals surface area contributed by atoms with Crippen LogP contribution in [0.25, 0.3) is 21.9 Å². The second kappa shape index (κ2) is 6.26. The zero-order chi connectivity index (χ0) is 17.4. The highest BCUT2D eigenvalue weighted by molar-refractivity contribution is 6.31. The van der Waals surface area contributed by atoms with Gasteiger partial charge >= 0.3 is 0 Å². The molecule has 0 unspecified atom stereocenters. The summed E-state index contributed by atoms with van der Waals surface area (Å²) in [5.74, 6) is 0.824. The second-order valence-electron chi connectivity index (χ2n) is 5.84. The Morgan fingerprint density at radius 1 is 1.24 bits per heavy atom. The molecule has 4 aromatic rings. The molecule has 0 saturated heterocycles. The summed E-state index contributed by atoms with van der Waals surface area (Å²) in [4.78, 5) is 20.4. The highest BCUT2D eigenvalue weighted by Crippen LogP contribution is 2.24. The number of fused-ring (bicyclic) bond motifs is 3. The van der Waals surface area contributed by atoms with Gasteiger partial charge in [-0.3, -0.25) is 9.36 Å². The van der Waals surface area contributed by atoms with Crippen molar-refractivity contribution in [3.8, 4) is 5.75 Å². The summed E-state index contributed by atoms with van der Waals surface area (Å²) in [6, 6.07) is 13.3. The topological polar surface area (TPSA) is 59.9 Å². The van der Waals surface area contributed by atoms with E-state index in [4.69, 9.17) is 16.3 Å². The van der Waals surface area contributed by atoms with Crippen LogP contribution in [0.5, 0.6) is 5.75 Å². The second-order valence-corrected chi connectivity index (χ2v) is 6.28. The first-order valence-corrected chi connectivity index (χ1v) is 8.33. The minimum atomic E-state index is -0.0905. The number of halogens is 1. The van der Waals surface area contributed by atoms with Crippen LogP contribution in [-0.4, -0.2) is 21.6 Å². The molecule has 6 heteroatoms. The van der Waals surface area contributed by atoms with E-state index in [1.54, 1.807) is 24.1 Å². The van der Waals surface area contributed by atoms with E-state index < -0.39 is 0 Å². The number of ether oxygens (including phenoxy) is 1. The predicted octanol–water partition coefficient (Wildman–Crippen LogP) is 3.78. The zero-order valence-electron chi connectivity index (χ0n) is 13.6. The number of rotatable bonds is 4. The Hall–Kier alpha value is -2.79. The monoisotopic (exact) mass is 353 g/mol. The maximum Gasteiger partial charge on any atom is 0.277 e. The molecule has 25 heavy (non-hydrogen) atoms. The standard InChI is InChI=1S/C19H16ClN3O2/c1-25-16-5-3-2-4-12(16)8-9-23-11-21-17-14-10-13(20)6-7-15(14)22-18(17)19(23)24/h2-7,10-11,22H,8-9H2,1H3. The average molecular weight is 354 g/mol. The lowest BCUT2D eigenvalue weighted by molar-refractivity contribution is 0.408. The fourth-order valence-electron chi connectivity index (χ4n) is 3.07. The molecule has 0 aliphatic rings. The quantitative estimate of drug-likeness (QED) is 0.607. The lowest BCUT2D eigenvalue weighted by Gasteiger charge is -2.09. The smallest absolute Gasteiger partial charge is 0.277 e. The van der Waals surface area contributed by atoms with Crippen molar-refractivity contribution in [2.45, 2.75) is 13.0 Å². The van der Waals surface area contributed by atoms with Crippen molar-refractivity contribution >= 4 is 33.5 Å². The Morgan fingerprint density at radius 2 is 2.08 bits per heavy atom. The lowest BCUT2D eigenvalue weighted by atomic mass is 10.1. The highest BCUT2D eigenvalue weighted by Gasteiger charge is 2.11. The zero-order valence-corrected chi connectivity index (χ0v) is 14.4. The van der Waals surface area contributed by atoms with Crippen LogP contribution >= 0.6 is 11.6 Å². The molecule has 0 bridgehead atoms. The van der Waals surface area contributed by atoms with Gasteiger partial charge in [-0.1, -0.05) is 29.8 Å². The Labute approximate surface area is 148 Å². The van der Waals surface area contributed by atoms with Crippen LogP contribution in [0, 0.1) is 0 Å². The molecule has 0 amide bonds. The van der Waals surface area contributed by atoms with E-state index in [2.05, 4.69) is 9.97 Å². The molecule has 0 radical (unpaired) electrons. The minimum absolute atomic E-state index is 0.0905. The van der Waals surface area contributed by atoms with Gasteiger partial charge in [0.1, 0.15) is 16.8 Å². The predicted molar refractivity (Wildman–Crippen MR) is 99.6 cm³/mol. The van der Waals surface area contributed by atoms with E-state index >= 15 is 0 Å². The summed E-state index contributed by atoms with van der Waals surface area (Å²) < 4.78 is 6.98. The third kappa shape index (κ3) is 2.76. The molecule has 0 fully saturated rings. The van der Waals surface area contributed by atoms with Gasteiger partial charge < -0.3 is 9.72 Å². The number of H-pyrrole nitrogens is 1. The summed E-state index contributed by atoms with van der Waals surface area (Å²) in [5.41, 5.74) is 2.97. The molecule has 1 N–H and O–H groups in total. The summed E-state index contributed by atoms with van der Waals surface area (Å²) in [6.07, 6.45) is 2.28. The van der Waals surface area contributed by atoms with Gasteiger partial charge in [0.05, 0.1) is 13.4 Å². The van der Waals surface area contributed by atoms with Crippen LogP contribution in [0.2, 0.25) is 5.02 Å². The van der Waals surface area contributed by atoms with E-state index in [0.717, 1.165) is 22.2 Å². The third-order valence-corrected chi connectivity index (χ3v) is 4.58. The van der Waals surface area contributed by atoms with Crippen molar-refractivity contribution in [3.05, 3.63) is 69.7 Å². The number of hydrogen-bond donors (Lipinski definition) is 1. The molecule has 2 aromatic carbocycles. The van der Waals surface area contributed by atoms with E-state index in [-0.39, 0.29) is 5.56 Å². The van der Waals surface area contributed by atoms with Crippen LogP contribution < -0.4 is 10.3 Å². The fourth-order valence-corrected chi connectivity index (χ4v) is 3.24. The number of aromatic amines is 1. The maximum absolute atomic E-state index is 12.8. The van der Waals surface area contributed by atoms with Gasteiger partial charge in [-0.05, 0) is 36.2 Å². The number of nitrogens with zero attached hydrogens (tertiary/aromatic N) is 2. The highest BCUT2D eigenvalue weighted by atomic mass is 35.5. The maximum atomic E-state index is 12.8. The lowest BCUT2D eigenvalue weighted by Crippen LogP contribution is -2.21. The van der Waals surface area contributed by atoms with Crippen LogP contribution in [0.4, 0.5) is 0 Å². The number of hydrogen-bond acceptors (Lipinski definition) is 3. The molecule has 5 nitrogen and oxygen atoms in total. The minimum Gasteiger partial charge on any atom is -0.496 e. The van der Waals surface area contributed by atoms with Crippen molar-refractivity contribution in [2.24, 2.45) is 0 Å². The van der Waals surface area contributed by atoms with Gasteiger partial charge in [0.2, 0.25) is 0 Å². The van der Waals surface area contributed by atoms with E-state index in [9.17, 15) is 4.79 Å². The number of benzene rings is 2. The number of nitrogens with one attached hydrogen (secondary N) is 1. The van der Waals surface area contributed by atoms with Crippen LogP contribution in [0.15, 0.2) is 53.6 Å². The van der Waals surface area contributed by atoms with Crippen molar-refractivity contribution in [3.63, 3.8) is 0 Å². The van der Waals surface area contributed by atoms with Crippen LogP contribution in [0.3, 0.4) is 0 Å². The summed E-state index contributed by atoms with van der Waals surface area (Å²) in [5, 5.41) is 1.48. The average Bonchev–Trinajstić information content (AvgIpc) is 3.00. The molecule has 0 atom stereocenters. The number of methoxy groups -OCH3 is 1. The van der Waals surface area contributed by atoms with Crippen LogP contribution in [-0.2, 0) is 13.0 Å². The fraction of sp³-hybridized carbons (Fsp3) is 0.158. The first-order valence-electron chi connectivity index (χ1n) is 7.95. The molecule has 0 saturated carbocycles. The summed E-state index contributed by atoms with van der Waals surface area (Å²) in [7, 11) is 1.65. The van der Waals surface area contributed by atoms with Crippen molar-refractivity contribution in [1.82, 2.24) is 14.5 Å². The Bertz CT molecular complexity index is 1130. The largest absolute Gasteiger partial charge is 0.496 e. The van der Waals surface area contributed by atoms with Gasteiger partial charge in [-0.25, -0.2) is 4.98 Å². The third-order valence-electron chi connectivity index (χ3n) is 4.35. The van der Waals surface area contributed by atoms with Crippen molar-refractivity contribution in [2.75, 3.05) is 7.11 Å². The Kier molecular flexibility index (Phi) is 3.93. The van der Waals surface area contributed by atoms with Gasteiger partial charge in [0, 0.05) is 22.5 Å². The number of aryl methyl sites for hydroxylation is 2.